The van der Waals surface area contributed by atoms with Crippen molar-refractivity contribution >= 4 is 34.8 Å². The molecule has 0 aliphatic rings. The molecule has 2 aromatic rings. The quantitative estimate of drug-likeness (QED) is 0.615. The highest BCUT2D eigenvalue weighted by Gasteiger charge is 2.10. The highest BCUT2D eigenvalue weighted by Crippen LogP contribution is 2.25. The monoisotopic (exact) mass is 363 g/mol. The molecular weight excluding hydrogens is 352 g/mol. The molecule has 1 amide bonds. The van der Waals surface area contributed by atoms with Crippen molar-refractivity contribution in [1.29, 1.82) is 5.26 Å². The summed E-state index contributed by atoms with van der Waals surface area (Å²) < 4.78 is 13.5. The molecule has 4 nitrogen and oxygen atoms in total. The van der Waals surface area contributed by atoms with Crippen molar-refractivity contribution in [3.8, 4) is 6.07 Å². The molecule has 24 heavy (non-hydrogen) atoms. The van der Waals surface area contributed by atoms with Gasteiger partial charge in [-0.3, -0.25) is 4.79 Å². The molecule has 0 heterocycles. The van der Waals surface area contributed by atoms with Gasteiger partial charge in [0, 0.05) is 24.0 Å². The van der Waals surface area contributed by atoms with E-state index in [1.54, 1.807) is 30.3 Å². The second kappa shape index (κ2) is 8.34. The fraction of sp³-hybridized carbons (Fsp3) is 0.0588. The second-order valence-electron chi connectivity index (χ2n) is 4.73. The van der Waals surface area contributed by atoms with Crippen molar-refractivity contribution in [2.45, 2.75) is 6.54 Å². The van der Waals surface area contributed by atoms with Crippen LogP contribution < -0.4 is 10.6 Å². The smallest absolute Gasteiger partial charge is 0.267 e. The van der Waals surface area contributed by atoms with Crippen LogP contribution in [0.25, 0.3) is 0 Å². The lowest BCUT2D eigenvalue weighted by Gasteiger charge is -2.06. The topological polar surface area (TPSA) is 64.9 Å². The van der Waals surface area contributed by atoms with Crippen LogP contribution in [0.5, 0.6) is 0 Å². The van der Waals surface area contributed by atoms with Gasteiger partial charge in [0.25, 0.3) is 5.91 Å². The summed E-state index contributed by atoms with van der Waals surface area (Å²) in [4.78, 5) is 12.1. The predicted octanol–water partition coefficient (Wildman–Crippen LogP) is 4.27. The summed E-state index contributed by atoms with van der Waals surface area (Å²) in [7, 11) is 0. The first-order valence-electron chi connectivity index (χ1n) is 6.84. The summed E-state index contributed by atoms with van der Waals surface area (Å²) in [5.41, 5.74) is 0.679. The Hall–Kier alpha value is -2.55. The predicted molar refractivity (Wildman–Crippen MR) is 92.0 cm³/mol. The molecule has 0 atom stereocenters. The summed E-state index contributed by atoms with van der Waals surface area (Å²) in [6, 6.07) is 12.6. The zero-order valence-electron chi connectivity index (χ0n) is 12.3. The lowest BCUT2D eigenvalue weighted by molar-refractivity contribution is -0.112. The van der Waals surface area contributed by atoms with Gasteiger partial charge in [-0.15, -0.1) is 0 Å². The number of anilines is 1. The van der Waals surface area contributed by atoms with E-state index in [2.05, 4.69) is 10.6 Å². The molecule has 2 aromatic carbocycles. The minimum atomic E-state index is -0.614. The number of carbonyl (C=O) groups is 1. The van der Waals surface area contributed by atoms with Gasteiger partial charge in [0.15, 0.2) is 0 Å². The Kier molecular flexibility index (Phi) is 6.19. The van der Waals surface area contributed by atoms with Gasteiger partial charge in [-0.1, -0.05) is 41.4 Å². The number of halogens is 3. The average Bonchev–Trinajstić information content (AvgIpc) is 2.56. The van der Waals surface area contributed by atoms with Gasteiger partial charge < -0.3 is 10.6 Å². The third-order valence-electron chi connectivity index (χ3n) is 3.04. The number of nitrogens with zero attached hydrogens (tertiary/aromatic N) is 1. The minimum absolute atomic E-state index is 0.151. The van der Waals surface area contributed by atoms with Crippen molar-refractivity contribution in [3.05, 3.63) is 75.7 Å². The Morgan fingerprint density at radius 2 is 1.96 bits per heavy atom. The molecule has 0 aromatic heterocycles. The number of hydrogen-bond acceptors (Lipinski definition) is 3. The number of benzene rings is 2. The largest absolute Gasteiger partial charge is 0.385 e. The van der Waals surface area contributed by atoms with Crippen LogP contribution in [0.1, 0.15) is 5.56 Å². The van der Waals surface area contributed by atoms with Crippen molar-refractivity contribution < 1.29 is 9.18 Å². The van der Waals surface area contributed by atoms with Crippen molar-refractivity contribution in [1.82, 2.24) is 5.32 Å². The van der Waals surface area contributed by atoms with Gasteiger partial charge in [-0.05, 0) is 24.3 Å². The zero-order chi connectivity index (χ0) is 17.5. The van der Waals surface area contributed by atoms with E-state index in [-0.39, 0.29) is 23.0 Å². The Bertz CT molecular complexity index is 831. The van der Waals surface area contributed by atoms with Gasteiger partial charge in [0.1, 0.15) is 17.5 Å². The standard InChI is InChI=1S/C17H12Cl2FN3O/c18-14-6-5-13(7-15(14)19)23-17(24)12(8-21)10-22-9-11-3-1-2-4-16(11)20/h1-7,10,22H,9H2,(H,23,24)/b12-10-. The van der Waals surface area contributed by atoms with Crippen molar-refractivity contribution in [2.75, 3.05) is 5.32 Å². The van der Waals surface area contributed by atoms with E-state index in [9.17, 15) is 9.18 Å². The van der Waals surface area contributed by atoms with Crippen LogP contribution in [0, 0.1) is 17.1 Å². The van der Waals surface area contributed by atoms with E-state index in [0.717, 1.165) is 0 Å². The summed E-state index contributed by atoms with van der Waals surface area (Å²) >= 11 is 11.7. The molecular formula is C17H12Cl2FN3O. The fourth-order valence-corrected chi connectivity index (χ4v) is 2.12. The van der Waals surface area contributed by atoms with Crippen molar-refractivity contribution in [2.24, 2.45) is 0 Å². The number of nitrogens with one attached hydrogen (secondary N) is 2. The molecule has 0 saturated carbocycles. The molecule has 122 valence electrons. The summed E-state index contributed by atoms with van der Waals surface area (Å²) in [6.45, 7) is 0.151. The molecule has 7 heteroatoms. The highest BCUT2D eigenvalue weighted by molar-refractivity contribution is 6.42. The zero-order valence-corrected chi connectivity index (χ0v) is 13.8. The maximum Gasteiger partial charge on any atom is 0.267 e. The molecule has 0 aliphatic heterocycles. The second-order valence-corrected chi connectivity index (χ2v) is 5.54. The summed E-state index contributed by atoms with van der Waals surface area (Å²) in [6.07, 6.45) is 1.24. The maximum atomic E-state index is 13.5. The molecule has 2 N–H and O–H groups in total. The third-order valence-corrected chi connectivity index (χ3v) is 3.78. The van der Waals surface area contributed by atoms with Gasteiger partial charge in [0.05, 0.1) is 10.0 Å². The molecule has 0 bridgehead atoms. The SMILES string of the molecule is N#C/C(=C/NCc1ccccc1F)C(=O)Nc1ccc(Cl)c(Cl)c1. The van der Waals surface area contributed by atoms with Gasteiger partial charge >= 0.3 is 0 Å². The lowest BCUT2D eigenvalue weighted by Crippen LogP contribution is -2.16. The Balaban J connectivity index is 2.01. The first-order valence-corrected chi connectivity index (χ1v) is 7.60. The lowest BCUT2D eigenvalue weighted by atomic mass is 10.2. The number of nitriles is 1. The Labute approximate surface area is 148 Å². The summed E-state index contributed by atoms with van der Waals surface area (Å²) in [5.74, 6) is -0.978. The van der Waals surface area contributed by atoms with Crippen LogP contribution in [0.2, 0.25) is 10.0 Å². The van der Waals surface area contributed by atoms with Gasteiger partial charge in [0.2, 0.25) is 0 Å². The average molecular weight is 364 g/mol. The highest BCUT2D eigenvalue weighted by atomic mass is 35.5. The Morgan fingerprint density at radius 1 is 1.21 bits per heavy atom. The van der Waals surface area contributed by atoms with Gasteiger partial charge in [-0.2, -0.15) is 5.26 Å². The molecule has 0 spiro atoms. The summed E-state index contributed by atoms with van der Waals surface area (Å²) in [5, 5.41) is 15.0. The normalized spacial score (nSPS) is 10.8. The Morgan fingerprint density at radius 3 is 2.62 bits per heavy atom. The molecule has 2 rings (SSSR count). The molecule has 0 saturated heterocycles. The number of hydrogen-bond donors (Lipinski definition) is 2. The van der Waals surface area contributed by atoms with E-state index >= 15 is 0 Å². The van der Waals surface area contributed by atoms with Crippen molar-refractivity contribution in [3.63, 3.8) is 0 Å². The van der Waals surface area contributed by atoms with E-state index in [1.165, 1.54) is 24.4 Å². The van der Waals surface area contributed by atoms with Gasteiger partial charge in [-0.25, -0.2) is 4.39 Å². The van der Waals surface area contributed by atoms with Crippen LogP contribution in [0.4, 0.5) is 10.1 Å². The fourth-order valence-electron chi connectivity index (χ4n) is 1.83. The van der Waals surface area contributed by atoms with Crippen LogP contribution in [-0.4, -0.2) is 5.91 Å². The number of carbonyl (C=O) groups excluding carboxylic acids is 1. The van der Waals surface area contributed by atoms with Crippen LogP contribution in [-0.2, 0) is 11.3 Å². The first kappa shape index (κ1) is 17.8. The number of rotatable bonds is 5. The molecule has 0 unspecified atom stereocenters. The maximum absolute atomic E-state index is 13.5. The van der Waals surface area contributed by atoms with E-state index in [4.69, 9.17) is 28.5 Å². The van der Waals surface area contributed by atoms with E-state index in [0.29, 0.717) is 16.3 Å². The molecule has 0 fully saturated rings. The van der Waals surface area contributed by atoms with Crippen LogP contribution >= 0.6 is 23.2 Å². The minimum Gasteiger partial charge on any atom is -0.385 e. The van der Waals surface area contributed by atoms with E-state index < -0.39 is 5.91 Å². The third kappa shape index (κ3) is 4.72. The van der Waals surface area contributed by atoms with E-state index in [1.807, 2.05) is 0 Å². The first-order chi connectivity index (χ1) is 11.5. The van der Waals surface area contributed by atoms with Crippen LogP contribution in [0.3, 0.4) is 0 Å². The molecule has 0 radical (unpaired) electrons. The number of amides is 1. The van der Waals surface area contributed by atoms with Crippen LogP contribution in [0.15, 0.2) is 54.2 Å². The molecule has 0 aliphatic carbocycles.